The van der Waals surface area contributed by atoms with Crippen molar-refractivity contribution < 1.29 is 19.0 Å². The van der Waals surface area contributed by atoms with Crippen molar-refractivity contribution in [2.45, 2.75) is 71.1 Å². The lowest BCUT2D eigenvalue weighted by atomic mass is 9.72. The van der Waals surface area contributed by atoms with Crippen molar-refractivity contribution >= 4 is 0 Å². The molecular weight excluding hydrogens is 491 g/mol. The fraction of sp³-hybridized carbons (Fsp3) is 0.515. The number of halogens is 1. The molecule has 3 atom stereocenters. The normalized spacial score (nSPS) is 21.3. The molecule has 0 bridgehead atoms. The average Bonchev–Trinajstić information content (AvgIpc) is 2.90. The Bertz CT molecular complexity index is 1200. The maximum absolute atomic E-state index is 15.2. The summed E-state index contributed by atoms with van der Waals surface area (Å²) in [6.45, 7) is 9.57. The molecular formula is C33H45FN2O3. The van der Waals surface area contributed by atoms with Crippen LogP contribution in [0.25, 0.3) is 0 Å². The quantitative estimate of drug-likeness (QED) is 0.383. The highest BCUT2D eigenvalue weighted by molar-refractivity contribution is 5.37. The monoisotopic (exact) mass is 536 g/mol. The van der Waals surface area contributed by atoms with Crippen molar-refractivity contribution in [3.05, 3.63) is 82.9 Å². The van der Waals surface area contributed by atoms with Crippen LogP contribution in [0.2, 0.25) is 0 Å². The van der Waals surface area contributed by atoms with Crippen LogP contribution in [0.3, 0.4) is 0 Å². The molecule has 6 heteroatoms. The summed E-state index contributed by atoms with van der Waals surface area (Å²) < 4.78 is 26.7. The van der Waals surface area contributed by atoms with E-state index in [0.717, 1.165) is 30.6 Å². The molecule has 0 radical (unpaired) electrons. The number of allylic oxidation sites excluding steroid dienone is 1. The van der Waals surface area contributed by atoms with Crippen LogP contribution in [-0.4, -0.2) is 60.3 Å². The van der Waals surface area contributed by atoms with Crippen LogP contribution in [0.15, 0.2) is 60.4 Å². The number of nitrogens with zero attached hydrogens (tertiary/aromatic N) is 2. The maximum atomic E-state index is 15.2. The Labute approximate surface area is 233 Å². The number of hydrogen-bond donors (Lipinski definition) is 1. The van der Waals surface area contributed by atoms with Gasteiger partial charge in [-0.2, -0.15) is 0 Å². The Morgan fingerprint density at radius 1 is 1.10 bits per heavy atom. The van der Waals surface area contributed by atoms with Crippen LogP contribution in [0, 0.1) is 17.7 Å². The van der Waals surface area contributed by atoms with Gasteiger partial charge in [0.1, 0.15) is 18.1 Å². The number of rotatable bonds is 10. The predicted molar refractivity (Wildman–Crippen MR) is 155 cm³/mol. The largest absolute Gasteiger partial charge is 0.508 e. The van der Waals surface area contributed by atoms with Gasteiger partial charge in [-0.1, -0.05) is 18.2 Å². The van der Waals surface area contributed by atoms with Crippen LogP contribution in [-0.2, 0) is 24.1 Å². The molecule has 39 heavy (non-hydrogen) atoms. The second-order valence-corrected chi connectivity index (χ2v) is 12.2. The average molecular weight is 537 g/mol. The minimum Gasteiger partial charge on any atom is -0.508 e. The van der Waals surface area contributed by atoms with Gasteiger partial charge in [0.25, 0.3) is 0 Å². The van der Waals surface area contributed by atoms with Gasteiger partial charge in [-0.25, -0.2) is 4.39 Å². The third-order valence-electron chi connectivity index (χ3n) is 8.65. The number of phenols is 1. The van der Waals surface area contributed by atoms with E-state index < -0.39 is 0 Å². The Balaban J connectivity index is 1.54. The second-order valence-electron chi connectivity index (χ2n) is 12.2. The van der Waals surface area contributed by atoms with Gasteiger partial charge in [0.15, 0.2) is 11.6 Å². The molecule has 2 aromatic carbocycles. The number of methoxy groups -OCH3 is 1. The zero-order valence-electron chi connectivity index (χ0n) is 24.6. The summed E-state index contributed by atoms with van der Waals surface area (Å²) in [6, 6.07) is 11.5. The van der Waals surface area contributed by atoms with Crippen molar-refractivity contribution in [2.75, 3.05) is 27.8 Å². The van der Waals surface area contributed by atoms with E-state index in [-0.39, 0.29) is 29.2 Å². The first-order valence-electron chi connectivity index (χ1n) is 14.1. The number of aryl methyl sites for hydroxylation is 1. The van der Waals surface area contributed by atoms with Crippen LogP contribution in [0.1, 0.15) is 50.8 Å². The molecule has 0 aromatic heterocycles. The first-order chi connectivity index (χ1) is 18.5. The minimum atomic E-state index is -0.328. The summed E-state index contributed by atoms with van der Waals surface area (Å²) in [5.74, 6) is 1.93. The summed E-state index contributed by atoms with van der Waals surface area (Å²) in [5.41, 5.74) is 3.30. The molecule has 0 fully saturated rings. The molecule has 0 saturated heterocycles. The minimum absolute atomic E-state index is 0.119. The number of ether oxygens (including phenoxy) is 2. The first kappa shape index (κ1) is 29.2. The zero-order chi connectivity index (χ0) is 28.3. The molecule has 0 aliphatic heterocycles. The van der Waals surface area contributed by atoms with E-state index in [1.807, 2.05) is 26.2 Å². The molecule has 2 aliphatic carbocycles. The van der Waals surface area contributed by atoms with E-state index in [4.69, 9.17) is 9.47 Å². The molecule has 4 rings (SSSR count). The summed E-state index contributed by atoms with van der Waals surface area (Å²) in [7, 11) is 5.71. The summed E-state index contributed by atoms with van der Waals surface area (Å²) >= 11 is 0. The van der Waals surface area contributed by atoms with Crippen LogP contribution >= 0.6 is 0 Å². The lowest BCUT2D eigenvalue weighted by Gasteiger charge is -2.43. The Hall–Kier alpha value is -2.83. The van der Waals surface area contributed by atoms with Gasteiger partial charge in [0, 0.05) is 24.2 Å². The second kappa shape index (κ2) is 12.1. The molecule has 0 heterocycles. The van der Waals surface area contributed by atoms with Gasteiger partial charge < -0.3 is 19.5 Å². The van der Waals surface area contributed by atoms with Gasteiger partial charge in [0.05, 0.1) is 7.11 Å². The number of benzene rings is 2. The maximum Gasteiger partial charge on any atom is 0.165 e. The Morgan fingerprint density at radius 2 is 1.87 bits per heavy atom. The number of fused-ring (bicyclic) bond motifs is 1. The topological polar surface area (TPSA) is 45.2 Å². The molecule has 0 spiro atoms. The van der Waals surface area contributed by atoms with Gasteiger partial charge in [0.2, 0.25) is 0 Å². The highest BCUT2D eigenvalue weighted by Gasteiger charge is 2.36. The lowest BCUT2D eigenvalue weighted by molar-refractivity contribution is 0.108. The fourth-order valence-electron chi connectivity index (χ4n) is 5.63. The molecule has 0 amide bonds. The van der Waals surface area contributed by atoms with Crippen molar-refractivity contribution in [1.82, 2.24) is 9.80 Å². The van der Waals surface area contributed by atoms with Crippen molar-refractivity contribution in [1.29, 1.82) is 0 Å². The van der Waals surface area contributed by atoms with Crippen molar-refractivity contribution in [3.8, 4) is 11.5 Å². The molecule has 2 aliphatic rings. The van der Waals surface area contributed by atoms with Gasteiger partial charge in [-0.15, -0.1) is 0 Å². The molecule has 2 aromatic rings. The highest BCUT2D eigenvalue weighted by atomic mass is 19.1. The third-order valence-corrected chi connectivity index (χ3v) is 8.65. The molecule has 1 N–H and O–H groups in total. The van der Waals surface area contributed by atoms with E-state index in [1.165, 1.54) is 11.1 Å². The zero-order valence-corrected chi connectivity index (χ0v) is 24.6. The lowest BCUT2D eigenvalue weighted by Crippen LogP contribution is -2.46. The van der Waals surface area contributed by atoms with Crippen molar-refractivity contribution in [2.24, 2.45) is 11.8 Å². The molecule has 212 valence electrons. The Kier molecular flexibility index (Phi) is 9.07. The predicted octanol–water partition coefficient (Wildman–Crippen LogP) is 6.35. The van der Waals surface area contributed by atoms with Gasteiger partial charge in [-0.3, -0.25) is 4.90 Å². The summed E-state index contributed by atoms with van der Waals surface area (Å²) in [5, 5.41) is 9.92. The van der Waals surface area contributed by atoms with E-state index in [2.05, 4.69) is 61.8 Å². The van der Waals surface area contributed by atoms with Crippen molar-refractivity contribution in [3.63, 3.8) is 0 Å². The van der Waals surface area contributed by atoms with E-state index in [1.54, 1.807) is 25.3 Å². The molecule has 0 saturated carbocycles. The van der Waals surface area contributed by atoms with E-state index in [0.29, 0.717) is 30.7 Å². The number of aromatic hydroxyl groups is 1. The number of phenolic OH excluding ortho intramolecular Hbond substituents is 1. The number of hydrogen-bond acceptors (Lipinski definition) is 5. The fourth-order valence-corrected chi connectivity index (χ4v) is 5.63. The molecule has 5 nitrogen and oxygen atoms in total. The van der Waals surface area contributed by atoms with E-state index in [9.17, 15) is 5.11 Å². The smallest absolute Gasteiger partial charge is 0.165 e. The van der Waals surface area contributed by atoms with Crippen LogP contribution in [0.5, 0.6) is 11.5 Å². The number of likely N-dealkylation sites (N-methyl/N-ethyl adjacent to an activating group) is 1. The van der Waals surface area contributed by atoms with Gasteiger partial charge in [-0.05, 0) is 126 Å². The summed E-state index contributed by atoms with van der Waals surface area (Å²) in [4.78, 5) is 4.52. The van der Waals surface area contributed by atoms with Crippen LogP contribution in [0.4, 0.5) is 4.39 Å². The van der Waals surface area contributed by atoms with E-state index >= 15 is 4.39 Å². The standard InChI is InChI=1S/C33H45FN2O3/c1-22(2)36(20-23-8-15-32(30(34)16-23)39-21-33(3,4)35(5)6)31-19-28(38-7)13-14-29(31)26-10-9-25-18-27(37)12-11-24(25)17-26/h8,11-16,18-19,22,26,29,31,37H,9-10,17,20-21H2,1-7H3/t26-,29?,31?/m1/s1. The highest BCUT2D eigenvalue weighted by Crippen LogP contribution is 2.38. The third kappa shape index (κ3) is 6.85. The Morgan fingerprint density at radius 3 is 2.54 bits per heavy atom. The summed E-state index contributed by atoms with van der Waals surface area (Å²) in [6.07, 6.45) is 9.63. The SMILES string of the molecule is COC1=CC(N(Cc2ccc(OCC(C)(C)N(C)C)c(F)c2)C(C)C)C([C@@H]2CCc3cc(O)ccc3C2)C=C1. The molecule has 2 unspecified atom stereocenters. The van der Waals surface area contributed by atoms with Gasteiger partial charge >= 0.3 is 0 Å². The first-order valence-corrected chi connectivity index (χ1v) is 14.1. The van der Waals surface area contributed by atoms with Crippen LogP contribution < -0.4 is 4.74 Å².